The summed E-state index contributed by atoms with van der Waals surface area (Å²) in [4.78, 5) is 19.1. The minimum absolute atomic E-state index is 0.139. The average Bonchev–Trinajstić information content (AvgIpc) is 2.53. The quantitative estimate of drug-likeness (QED) is 0.775. The van der Waals surface area contributed by atoms with E-state index in [0.29, 0.717) is 5.91 Å². The van der Waals surface area contributed by atoms with E-state index in [1.54, 1.807) is 0 Å². The van der Waals surface area contributed by atoms with E-state index in [0.717, 1.165) is 32.1 Å². The number of hydrogen-bond donors (Lipinski definition) is 0. The second-order valence-electron chi connectivity index (χ2n) is 6.99. The summed E-state index contributed by atoms with van der Waals surface area (Å²) in [6.45, 7) is 15.2. The van der Waals surface area contributed by atoms with Crippen LogP contribution in [0.3, 0.4) is 0 Å². The van der Waals surface area contributed by atoms with Gasteiger partial charge in [-0.2, -0.15) is 0 Å². The molecule has 0 aromatic rings. The Morgan fingerprint density at radius 2 is 1.62 bits per heavy atom. The molecule has 2 aliphatic rings. The first kappa shape index (κ1) is 16.8. The van der Waals surface area contributed by atoms with Gasteiger partial charge in [-0.3, -0.25) is 9.69 Å². The molecule has 2 heterocycles. The Labute approximate surface area is 130 Å². The molecule has 1 amide bonds. The van der Waals surface area contributed by atoms with Gasteiger partial charge >= 0.3 is 0 Å². The topological polar surface area (TPSA) is 26.8 Å². The van der Waals surface area contributed by atoms with Crippen molar-refractivity contribution in [3.8, 4) is 0 Å². The molecule has 0 unspecified atom stereocenters. The summed E-state index contributed by atoms with van der Waals surface area (Å²) >= 11 is 0. The summed E-state index contributed by atoms with van der Waals surface area (Å²) in [5.74, 6) is 1.38. The van der Waals surface area contributed by atoms with Crippen molar-refractivity contribution in [3.05, 3.63) is 0 Å². The van der Waals surface area contributed by atoms with Crippen LogP contribution in [0.2, 0.25) is 0 Å². The van der Waals surface area contributed by atoms with Crippen molar-refractivity contribution in [2.75, 3.05) is 52.4 Å². The summed E-state index contributed by atoms with van der Waals surface area (Å²) in [5, 5.41) is 0. The number of piperazine rings is 1. The molecule has 2 aliphatic heterocycles. The molecule has 0 aromatic heterocycles. The van der Waals surface area contributed by atoms with Gasteiger partial charge in [0.1, 0.15) is 0 Å². The van der Waals surface area contributed by atoms with Gasteiger partial charge in [0.15, 0.2) is 0 Å². The summed E-state index contributed by atoms with van der Waals surface area (Å²) in [7, 11) is 0. The fraction of sp³-hybridized carbons (Fsp3) is 0.941. The third-order valence-electron chi connectivity index (χ3n) is 5.19. The van der Waals surface area contributed by atoms with Crippen LogP contribution in [0.25, 0.3) is 0 Å². The third kappa shape index (κ3) is 4.96. The molecule has 0 atom stereocenters. The zero-order valence-corrected chi connectivity index (χ0v) is 14.2. The molecule has 2 saturated heterocycles. The van der Waals surface area contributed by atoms with Gasteiger partial charge in [-0.25, -0.2) is 0 Å². The van der Waals surface area contributed by atoms with E-state index < -0.39 is 0 Å². The molecule has 0 saturated carbocycles. The molecule has 0 aliphatic carbocycles. The van der Waals surface area contributed by atoms with Gasteiger partial charge in [-0.1, -0.05) is 20.8 Å². The zero-order valence-electron chi connectivity index (χ0n) is 14.2. The summed E-state index contributed by atoms with van der Waals surface area (Å²) in [5.41, 5.74) is 0. The number of piperidine rings is 1. The molecule has 122 valence electrons. The predicted octanol–water partition coefficient (Wildman–Crippen LogP) is 1.91. The maximum Gasteiger partial charge on any atom is 0.225 e. The third-order valence-corrected chi connectivity index (χ3v) is 5.19. The van der Waals surface area contributed by atoms with E-state index in [4.69, 9.17) is 0 Å². The maximum absolute atomic E-state index is 12.0. The second-order valence-corrected chi connectivity index (χ2v) is 6.99. The Morgan fingerprint density at radius 3 is 2.14 bits per heavy atom. The van der Waals surface area contributed by atoms with Crippen LogP contribution in [0.15, 0.2) is 0 Å². The van der Waals surface area contributed by atoms with Crippen LogP contribution in [-0.4, -0.2) is 73.0 Å². The number of carbonyl (C=O) groups is 1. The fourth-order valence-corrected chi connectivity index (χ4v) is 3.51. The van der Waals surface area contributed by atoms with Crippen molar-refractivity contribution in [1.29, 1.82) is 0 Å². The Kier molecular flexibility index (Phi) is 6.49. The number of likely N-dealkylation sites (tertiary alicyclic amines) is 1. The highest BCUT2D eigenvalue weighted by Gasteiger charge is 2.24. The molecule has 0 aromatic carbocycles. The van der Waals surface area contributed by atoms with Gasteiger partial charge in [0.05, 0.1) is 0 Å². The minimum Gasteiger partial charge on any atom is -0.340 e. The first-order valence-electron chi connectivity index (χ1n) is 8.83. The van der Waals surface area contributed by atoms with Crippen LogP contribution < -0.4 is 0 Å². The van der Waals surface area contributed by atoms with Crippen molar-refractivity contribution in [1.82, 2.24) is 14.7 Å². The number of rotatable bonds is 5. The van der Waals surface area contributed by atoms with Crippen LogP contribution in [0.5, 0.6) is 0 Å². The van der Waals surface area contributed by atoms with E-state index >= 15 is 0 Å². The monoisotopic (exact) mass is 295 g/mol. The molecule has 2 fully saturated rings. The van der Waals surface area contributed by atoms with Crippen molar-refractivity contribution in [2.45, 2.75) is 40.0 Å². The molecule has 0 radical (unpaired) electrons. The molecular formula is C17H33N3O. The van der Waals surface area contributed by atoms with Crippen molar-refractivity contribution < 1.29 is 4.79 Å². The Balaban J connectivity index is 1.62. The van der Waals surface area contributed by atoms with Gasteiger partial charge in [-0.05, 0) is 51.4 Å². The largest absolute Gasteiger partial charge is 0.340 e. The SMILES string of the molecule is CCN1CCC(CCN2CCN(C(=O)C(C)C)CC2)CC1. The van der Waals surface area contributed by atoms with E-state index in [9.17, 15) is 4.79 Å². The molecule has 0 bridgehead atoms. The average molecular weight is 295 g/mol. The molecule has 0 spiro atoms. The highest BCUT2D eigenvalue weighted by Crippen LogP contribution is 2.21. The van der Waals surface area contributed by atoms with Gasteiger partial charge in [-0.15, -0.1) is 0 Å². The molecular weight excluding hydrogens is 262 g/mol. The molecule has 2 rings (SSSR count). The highest BCUT2D eigenvalue weighted by molar-refractivity contribution is 5.78. The fourth-order valence-electron chi connectivity index (χ4n) is 3.51. The van der Waals surface area contributed by atoms with Gasteiger partial charge in [0, 0.05) is 32.1 Å². The lowest BCUT2D eigenvalue weighted by Gasteiger charge is -2.37. The summed E-state index contributed by atoms with van der Waals surface area (Å²) < 4.78 is 0. The van der Waals surface area contributed by atoms with Crippen LogP contribution in [0.1, 0.15) is 40.0 Å². The van der Waals surface area contributed by atoms with Gasteiger partial charge in [0.2, 0.25) is 5.91 Å². The lowest BCUT2D eigenvalue weighted by atomic mass is 9.93. The maximum atomic E-state index is 12.0. The molecule has 0 N–H and O–H groups in total. The van der Waals surface area contributed by atoms with Gasteiger partial charge < -0.3 is 9.80 Å². The van der Waals surface area contributed by atoms with Crippen LogP contribution in [0, 0.1) is 11.8 Å². The van der Waals surface area contributed by atoms with E-state index in [-0.39, 0.29) is 5.92 Å². The van der Waals surface area contributed by atoms with Crippen molar-refractivity contribution in [2.24, 2.45) is 11.8 Å². The van der Waals surface area contributed by atoms with Crippen molar-refractivity contribution in [3.63, 3.8) is 0 Å². The van der Waals surface area contributed by atoms with E-state index in [1.807, 2.05) is 18.7 Å². The number of nitrogens with zero attached hydrogens (tertiary/aromatic N) is 3. The first-order chi connectivity index (χ1) is 10.1. The molecule has 4 nitrogen and oxygen atoms in total. The normalized spacial score (nSPS) is 23.0. The highest BCUT2D eigenvalue weighted by atomic mass is 16.2. The zero-order chi connectivity index (χ0) is 15.2. The lowest BCUT2D eigenvalue weighted by Crippen LogP contribution is -2.50. The number of carbonyl (C=O) groups excluding carboxylic acids is 1. The van der Waals surface area contributed by atoms with E-state index in [2.05, 4.69) is 16.7 Å². The standard InChI is InChI=1S/C17H33N3O/c1-4-18-8-5-16(6-9-18)7-10-19-11-13-20(14-12-19)17(21)15(2)3/h15-16H,4-14H2,1-3H3. The van der Waals surface area contributed by atoms with E-state index in [1.165, 1.54) is 45.4 Å². The van der Waals surface area contributed by atoms with Gasteiger partial charge in [0.25, 0.3) is 0 Å². The minimum atomic E-state index is 0.139. The smallest absolute Gasteiger partial charge is 0.225 e. The first-order valence-corrected chi connectivity index (χ1v) is 8.83. The number of hydrogen-bond acceptors (Lipinski definition) is 3. The van der Waals surface area contributed by atoms with Crippen molar-refractivity contribution >= 4 is 5.91 Å². The number of amides is 1. The Hall–Kier alpha value is -0.610. The van der Waals surface area contributed by atoms with Crippen LogP contribution in [-0.2, 0) is 4.79 Å². The Morgan fingerprint density at radius 1 is 1.00 bits per heavy atom. The van der Waals surface area contributed by atoms with Crippen LogP contribution in [0.4, 0.5) is 0 Å². The Bertz CT molecular complexity index is 316. The molecule has 21 heavy (non-hydrogen) atoms. The second kappa shape index (κ2) is 8.14. The van der Waals surface area contributed by atoms with Crippen LogP contribution >= 0.6 is 0 Å². The summed E-state index contributed by atoms with van der Waals surface area (Å²) in [6, 6.07) is 0. The lowest BCUT2D eigenvalue weighted by molar-refractivity contribution is -0.136. The predicted molar refractivity (Wildman–Crippen MR) is 87.3 cm³/mol. The summed E-state index contributed by atoms with van der Waals surface area (Å²) in [6.07, 6.45) is 4.09. The molecule has 4 heteroatoms.